The van der Waals surface area contributed by atoms with Gasteiger partial charge in [-0.15, -0.1) is 0 Å². The fourth-order valence-corrected chi connectivity index (χ4v) is 4.00. The van der Waals surface area contributed by atoms with E-state index in [9.17, 15) is 16.8 Å². The summed E-state index contributed by atoms with van der Waals surface area (Å²) in [5.41, 5.74) is 2.64. The molecule has 0 heterocycles. The summed E-state index contributed by atoms with van der Waals surface area (Å²) in [6, 6.07) is 18.4. The molecule has 0 aliphatic rings. The number of benzene rings is 3. The normalized spacial score (nSPS) is 12.0. The average Bonchev–Trinajstić information content (AvgIpc) is 2.85. The highest BCUT2D eigenvalue weighted by Crippen LogP contribution is 2.15. The minimum Gasteiger partial charge on any atom is -0.265 e. The van der Waals surface area contributed by atoms with Crippen LogP contribution in [-0.4, -0.2) is 29.3 Å². The van der Waals surface area contributed by atoms with Crippen LogP contribution >= 0.6 is 0 Å². The summed E-state index contributed by atoms with van der Waals surface area (Å²) in [5, 5.41) is 7.05. The van der Waals surface area contributed by atoms with Crippen molar-refractivity contribution < 1.29 is 25.4 Å². The second-order valence-electron chi connectivity index (χ2n) is 6.74. The van der Waals surface area contributed by atoms with E-state index < -0.39 is 20.2 Å². The van der Waals surface area contributed by atoms with E-state index in [1.54, 1.807) is 60.7 Å². The topological polar surface area (TPSA) is 111 Å². The number of nitrogens with zero attached hydrogens (tertiary/aromatic N) is 2. The first-order valence-electron chi connectivity index (χ1n) is 9.73. The van der Waals surface area contributed by atoms with Crippen molar-refractivity contribution in [3.05, 3.63) is 108 Å². The molecule has 174 valence electrons. The van der Waals surface area contributed by atoms with Gasteiger partial charge in [0.1, 0.15) is 9.79 Å². The zero-order valence-electron chi connectivity index (χ0n) is 17.8. The highest BCUT2D eigenvalue weighted by molar-refractivity contribution is 7.87. The second kappa shape index (κ2) is 10.7. The molecule has 0 saturated carbocycles. The lowest BCUT2D eigenvalue weighted by molar-refractivity contribution is 0.340. The summed E-state index contributed by atoms with van der Waals surface area (Å²) in [6.45, 7) is 7.22. The van der Waals surface area contributed by atoms with Gasteiger partial charge in [-0.25, -0.2) is 0 Å². The summed E-state index contributed by atoms with van der Waals surface area (Å²) in [7, 11) is -8.10. The third kappa shape index (κ3) is 6.50. The smallest absolute Gasteiger partial charge is 0.265 e. The van der Waals surface area contributed by atoms with Crippen LogP contribution in [0.2, 0.25) is 0 Å². The minimum absolute atomic E-state index is 0.0339. The van der Waals surface area contributed by atoms with Gasteiger partial charge in [-0.05, 0) is 46.5 Å². The van der Waals surface area contributed by atoms with Crippen molar-refractivity contribution in [1.29, 1.82) is 0 Å². The van der Waals surface area contributed by atoms with E-state index in [1.165, 1.54) is 36.7 Å². The fourth-order valence-electron chi connectivity index (χ4n) is 2.57. The van der Waals surface area contributed by atoms with Crippen LogP contribution in [0, 0.1) is 0 Å². The van der Waals surface area contributed by atoms with Crippen molar-refractivity contribution in [2.75, 3.05) is 0 Å². The van der Waals surface area contributed by atoms with E-state index in [4.69, 9.17) is 0 Å². The molecule has 0 aliphatic heterocycles. The van der Waals surface area contributed by atoms with Crippen molar-refractivity contribution in [1.82, 2.24) is 0 Å². The Morgan fingerprint density at radius 1 is 0.529 bits per heavy atom. The highest BCUT2D eigenvalue weighted by Gasteiger charge is 2.15. The molecule has 0 atom stereocenters. The average molecular weight is 497 g/mol. The zero-order chi connectivity index (χ0) is 24.6. The lowest BCUT2D eigenvalue weighted by Gasteiger charge is -2.02. The lowest BCUT2D eigenvalue weighted by atomic mass is 10.2. The van der Waals surface area contributed by atoms with Gasteiger partial charge in [-0.1, -0.05) is 84.2 Å². The molecule has 0 fully saturated rings. The first-order valence-corrected chi connectivity index (χ1v) is 12.5. The third-order valence-electron chi connectivity index (χ3n) is 4.43. The minimum atomic E-state index is -4.05. The van der Waals surface area contributed by atoms with Crippen molar-refractivity contribution in [3.63, 3.8) is 0 Å². The van der Waals surface area contributed by atoms with Gasteiger partial charge in [0.2, 0.25) is 0 Å². The van der Waals surface area contributed by atoms with Gasteiger partial charge in [0.25, 0.3) is 0 Å². The predicted octanol–water partition coefficient (Wildman–Crippen LogP) is 4.45. The number of hydrogen-bond donors (Lipinski definition) is 0. The SMILES string of the molecule is C=Cc1ccc(S(=O)(=O)O/N=C/c2ccc(/C=N/OS(=O)(=O)c3ccc(C=C)cc3)cc2)cc1. The monoisotopic (exact) mass is 496 g/mol. The molecule has 3 aromatic carbocycles. The van der Waals surface area contributed by atoms with Gasteiger partial charge >= 0.3 is 20.2 Å². The number of oxime groups is 2. The Balaban J connectivity index is 1.58. The van der Waals surface area contributed by atoms with Crippen LogP contribution < -0.4 is 0 Å². The third-order valence-corrected chi connectivity index (χ3v) is 6.69. The van der Waals surface area contributed by atoms with Crippen LogP contribution in [0.1, 0.15) is 22.3 Å². The van der Waals surface area contributed by atoms with Gasteiger partial charge in [-0.2, -0.15) is 16.8 Å². The largest absolute Gasteiger partial charge is 0.358 e. The predicted molar refractivity (Wildman–Crippen MR) is 131 cm³/mol. The number of rotatable bonds is 10. The molecule has 0 unspecified atom stereocenters. The van der Waals surface area contributed by atoms with Crippen LogP contribution in [-0.2, 0) is 28.8 Å². The second-order valence-corrected chi connectivity index (χ2v) is 9.80. The van der Waals surface area contributed by atoms with Gasteiger partial charge in [0.05, 0.1) is 12.4 Å². The molecule has 0 N–H and O–H groups in total. The molecule has 0 spiro atoms. The van der Waals surface area contributed by atoms with Crippen LogP contribution in [0.5, 0.6) is 0 Å². The van der Waals surface area contributed by atoms with Gasteiger partial charge < -0.3 is 0 Å². The van der Waals surface area contributed by atoms with Crippen molar-refractivity contribution in [3.8, 4) is 0 Å². The van der Waals surface area contributed by atoms with Crippen molar-refractivity contribution in [2.45, 2.75) is 9.79 Å². The Morgan fingerprint density at radius 2 is 0.824 bits per heavy atom. The molecule has 0 saturated heterocycles. The quantitative estimate of drug-likeness (QED) is 0.303. The molecule has 8 nitrogen and oxygen atoms in total. The van der Waals surface area contributed by atoms with E-state index in [0.29, 0.717) is 11.1 Å². The Bertz CT molecular complexity index is 1310. The Labute approximate surface area is 198 Å². The maximum atomic E-state index is 12.2. The summed E-state index contributed by atoms with van der Waals surface area (Å²) >= 11 is 0. The number of hydrogen-bond acceptors (Lipinski definition) is 8. The Morgan fingerprint density at radius 3 is 1.12 bits per heavy atom. The van der Waals surface area contributed by atoms with E-state index >= 15 is 0 Å². The molecular formula is C24H20N2O6S2. The summed E-state index contributed by atoms with van der Waals surface area (Å²) in [4.78, 5) is -0.0678. The summed E-state index contributed by atoms with van der Waals surface area (Å²) in [6.07, 6.45) is 5.64. The summed E-state index contributed by atoms with van der Waals surface area (Å²) < 4.78 is 58.0. The van der Waals surface area contributed by atoms with E-state index in [0.717, 1.165) is 11.1 Å². The van der Waals surface area contributed by atoms with Crippen LogP contribution in [0.25, 0.3) is 12.2 Å². The lowest BCUT2D eigenvalue weighted by Crippen LogP contribution is -2.03. The van der Waals surface area contributed by atoms with Gasteiger partial charge in [0, 0.05) is 0 Å². The van der Waals surface area contributed by atoms with Crippen molar-refractivity contribution >= 4 is 44.8 Å². The first kappa shape index (κ1) is 24.6. The molecule has 0 aliphatic carbocycles. The maximum absolute atomic E-state index is 12.2. The molecule has 3 rings (SSSR count). The van der Waals surface area contributed by atoms with E-state index in [1.807, 2.05) is 0 Å². The molecule has 3 aromatic rings. The zero-order valence-corrected chi connectivity index (χ0v) is 19.4. The van der Waals surface area contributed by atoms with Gasteiger partial charge in [-0.3, -0.25) is 8.57 Å². The molecule has 0 radical (unpaired) electrons. The Kier molecular flexibility index (Phi) is 7.77. The maximum Gasteiger partial charge on any atom is 0.358 e. The molecule has 0 bridgehead atoms. The molecule has 34 heavy (non-hydrogen) atoms. The highest BCUT2D eigenvalue weighted by atomic mass is 32.2. The standard InChI is InChI=1S/C24H20N2O6S2/c1-3-19-9-13-23(14-10-19)33(27,28)31-25-17-21-5-7-22(8-6-21)18-26-32-34(29,30)24-15-11-20(4-2)12-16-24/h3-18H,1-2H2/b25-17+,26-18+. The summed E-state index contributed by atoms with van der Waals surface area (Å²) in [5.74, 6) is 0. The van der Waals surface area contributed by atoms with Gasteiger partial charge in [0.15, 0.2) is 0 Å². The van der Waals surface area contributed by atoms with Crippen LogP contribution in [0.4, 0.5) is 0 Å². The van der Waals surface area contributed by atoms with E-state index in [2.05, 4.69) is 32.0 Å². The first-order chi connectivity index (χ1) is 16.2. The van der Waals surface area contributed by atoms with Crippen LogP contribution in [0.15, 0.2) is 106 Å². The molecule has 0 aromatic heterocycles. The molecule has 0 amide bonds. The van der Waals surface area contributed by atoms with E-state index in [-0.39, 0.29) is 9.79 Å². The fraction of sp³-hybridized carbons (Fsp3) is 0. The molecule has 10 heteroatoms. The van der Waals surface area contributed by atoms with Crippen molar-refractivity contribution in [2.24, 2.45) is 10.3 Å². The van der Waals surface area contributed by atoms with Crippen LogP contribution in [0.3, 0.4) is 0 Å². The molecular weight excluding hydrogens is 476 g/mol. The Hall–Kier alpha value is -4.02.